The molecule has 2 aliphatic rings. The van der Waals surface area contributed by atoms with Crippen LogP contribution >= 0.6 is 35.0 Å². The summed E-state index contributed by atoms with van der Waals surface area (Å²) in [6.07, 6.45) is 5.60. The molecule has 1 amide bonds. The van der Waals surface area contributed by atoms with Gasteiger partial charge in [-0.15, -0.1) is 0 Å². The zero-order valence-corrected chi connectivity index (χ0v) is 18.8. The van der Waals surface area contributed by atoms with Crippen LogP contribution in [0, 0.1) is 5.92 Å². The van der Waals surface area contributed by atoms with Crippen LogP contribution in [0.4, 0.5) is 5.82 Å². The summed E-state index contributed by atoms with van der Waals surface area (Å²) >= 11 is 14.4. The van der Waals surface area contributed by atoms with Crippen LogP contribution in [0.25, 0.3) is 0 Å². The molecule has 1 N–H and O–H groups in total. The third-order valence-corrected chi connectivity index (χ3v) is 7.65. The molecule has 1 aliphatic heterocycles. The van der Waals surface area contributed by atoms with Crippen LogP contribution in [0.1, 0.15) is 29.5 Å². The molecular weight excluding hydrogens is 425 g/mol. The Morgan fingerprint density at radius 2 is 2.00 bits per heavy atom. The molecule has 29 heavy (non-hydrogen) atoms. The molecule has 4 nitrogen and oxygen atoms in total. The number of carbonyl (C=O) groups is 1. The van der Waals surface area contributed by atoms with Crippen molar-refractivity contribution < 1.29 is 4.79 Å². The van der Waals surface area contributed by atoms with Crippen LogP contribution in [0.15, 0.2) is 30.5 Å². The molecule has 1 aromatic heterocycles. The zero-order valence-electron chi connectivity index (χ0n) is 16.5. The molecule has 1 unspecified atom stereocenters. The molecule has 0 radical (unpaired) electrons. The number of amides is 1. The van der Waals surface area contributed by atoms with Crippen molar-refractivity contribution in [3.63, 3.8) is 0 Å². The molecule has 1 saturated heterocycles. The fraction of sp³-hybridized carbons (Fsp3) is 0.455. The molecule has 154 valence electrons. The molecule has 2 aromatic rings. The second kappa shape index (κ2) is 9.15. The van der Waals surface area contributed by atoms with Gasteiger partial charge in [0.2, 0.25) is 5.91 Å². The van der Waals surface area contributed by atoms with Crippen molar-refractivity contribution >= 4 is 46.7 Å². The Morgan fingerprint density at radius 1 is 1.21 bits per heavy atom. The second-order valence-electron chi connectivity index (χ2n) is 7.88. The fourth-order valence-electron chi connectivity index (χ4n) is 4.15. The standard InChI is InChI=1S/C22H25Cl2N3OS/c1-27(22(28)15-6-8-29-9-7-15)13-14-2-5-20(25-12-14)26-17-10-16-3-4-19(23)21(24)18(16)11-17/h2-5,12,15,17H,6-11,13H2,1H3,(H,25,26). The van der Waals surface area contributed by atoms with Gasteiger partial charge in [-0.05, 0) is 66.0 Å². The van der Waals surface area contributed by atoms with Crippen LogP contribution in [0.5, 0.6) is 0 Å². The van der Waals surface area contributed by atoms with Gasteiger partial charge in [-0.2, -0.15) is 11.8 Å². The molecular formula is C22H25Cl2N3OS. The fourth-order valence-corrected chi connectivity index (χ4v) is 5.70. The van der Waals surface area contributed by atoms with Crippen molar-refractivity contribution in [2.45, 2.75) is 38.3 Å². The summed E-state index contributed by atoms with van der Waals surface area (Å²) in [6, 6.07) is 8.21. The maximum Gasteiger partial charge on any atom is 0.225 e. The minimum absolute atomic E-state index is 0.180. The molecule has 1 aromatic carbocycles. The first-order valence-electron chi connectivity index (χ1n) is 10.0. The SMILES string of the molecule is CN(Cc1ccc(NC2Cc3ccc(Cl)c(Cl)c3C2)nc1)C(=O)C1CCSCC1. The number of nitrogens with zero attached hydrogens (tertiary/aromatic N) is 2. The van der Waals surface area contributed by atoms with Gasteiger partial charge in [0, 0.05) is 31.7 Å². The molecule has 1 aliphatic carbocycles. The van der Waals surface area contributed by atoms with Crippen LogP contribution in [-0.4, -0.2) is 40.4 Å². The number of rotatable bonds is 5. The summed E-state index contributed by atoms with van der Waals surface area (Å²) in [5.41, 5.74) is 3.42. The first-order chi connectivity index (χ1) is 14.0. The number of pyridine rings is 1. The average Bonchev–Trinajstić information content (AvgIpc) is 3.15. The number of aromatic nitrogens is 1. The summed E-state index contributed by atoms with van der Waals surface area (Å²) in [4.78, 5) is 19.0. The Kier molecular flexibility index (Phi) is 6.57. The molecule has 7 heteroatoms. The van der Waals surface area contributed by atoms with E-state index in [0.29, 0.717) is 16.6 Å². The first-order valence-corrected chi connectivity index (χ1v) is 11.9. The van der Waals surface area contributed by atoms with Gasteiger partial charge in [0.15, 0.2) is 0 Å². The van der Waals surface area contributed by atoms with E-state index in [2.05, 4.69) is 16.4 Å². The van der Waals surface area contributed by atoms with E-state index in [0.717, 1.165) is 54.1 Å². The number of carbonyl (C=O) groups excluding carboxylic acids is 1. The number of nitrogens with one attached hydrogen (secondary N) is 1. The van der Waals surface area contributed by atoms with Crippen LogP contribution < -0.4 is 5.32 Å². The molecule has 2 heterocycles. The van der Waals surface area contributed by atoms with Crippen molar-refractivity contribution in [3.8, 4) is 0 Å². The highest BCUT2D eigenvalue weighted by atomic mass is 35.5. The summed E-state index contributed by atoms with van der Waals surface area (Å²) in [5.74, 6) is 3.46. The lowest BCUT2D eigenvalue weighted by Crippen LogP contribution is -2.34. The van der Waals surface area contributed by atoms with Gasteiger partial charge in [0.05, 0.1) is 10.0 Å². The van der Waals surface area contributed by atoms with Gasteiger partial charge >= 0.3 is 0 Å². The number of fused-ring (bicyclic) bond motifs is 1. The van der Waals surface area contributed by atoms with E-state index in [1.165, 1.54) is 5.56 Å². The smallest absolute Gasteiger partial charge is 0.225 e. The Bertz CT molecular complexity index is 884. The molecule has 1 fully saturated rings. The average molecular weight is 450 g/mol. The van der Waals surface area contributed by atoms with Gasteiger partial charge in [0.25, 0.3) is 0 Å². The van der Waals surface area contributed by atoms with Gasteiger partial charge in [-0.1, -0.05) is 35.3 Å². The highest BCUT2D eigenvalue weighted by molar-refractivity contribution is 7.99. The topological polar surface area (TPSA) is 45.2 Å². The van der Waals surface area contributed by atoms with E-state index < -0.39 is 0 Å². The predicted octanol–water partition coefficient (Wildman–Crippen LogP) is 5.07. The number of hydrogen-bond acceptors (Lipinski definition) is 4. The van der Waals surface area contributed by atoms with Crippen molar-refractivity contribution in [1.29, 1.82) is 0 Å². The number of anilines is 1. The zero-order chi connectivity index (χ0) is 20.4. The molecule has 0 saturated carbocycles. The third-order valence-electron chi connectivity index (χ3n) is 5.75. The van der Waals surface area contributed by atoms with Gasteiger partial charge < -0.3 is 10.2 Å². The molecule has 4 rings (SSSR count). The second-order valence-corrected chi connectivity index (χ2v) is 9.89. The van der Waals surface area contributed by atoms with Gasteiger partial charge in [-0.25, -0.2) is 4.98 Å². The third kappa shape index (κ3) is 4.84. The normalized spacial score (nSPS) is 19.1. The number of halogens is 2. The van der Waals surface area contributed by atoms with E-state index >= 15 is 0 Å². The van der Waals surface area contributed by atoms with E-state index in [9.17, 15) is 4.79 Å². The Morgan fingerprint density at radius 3 is 2.72 bits per heavy atom. The van der Waals surface area contributed by atoms with Crippen molar-refractivity contribution in [2.24, 2.45) is 5.92 Å². The van der Waals surface area contributed by atoms with E-state index in [1.54, 1.807) is 0 Å². The summed E-state index contributed by atoms with van der Waals surface area (Å²) < 4.78 is 0. The number of benzene rings is 1. The summed E-state index contributed by atoms with van der Waals surface area (Å²) in [5, 5.41) is 4.77. The lowest BCUT2D eigenvalue weighted by Gasteiger charge is -2.26. The molecule has 0 bridgehead atoms. The monoisotopic (exact) mass is 449 g/mol. The first kappa shape index (κ1) is 20.8. The molecule has 0 spiro atoms. The summed E-state index contributed by atoms with van der Waals surface area (Å²) in [6.45, 7) is 0.596. The van der Waals surface area contributed by atoms with Crippen molar-refractivity contribution in [3.05, 3.63) is 57.2 Å². The highest BCUT2D eigenvalue weighted by Gasteiger charge is 2.26. The number of hydrogen-bond donors (Lipinski definition) is 1. The van der Waals surface area contributed by atoms with Gasteiger partial charge in [0.1, 0.15) is 5.82 Å². The van der Waals surface area contributed by atoms with E-state index in [-0.39, 0.29) is 17.9 Å². The van der Waals surface area contributed by atoms with Crippen molar-refractivity contribution in [2.75, 3.05) is 23.9 Å². The minimum Gasteiger partial charge on any atom is -0.367 e. The van der Waals surface area contributed by atoms with Crippen LogP contribution in [0.2, 0.25) is 10.0 Å². The Balaban J connectivity index is 1.33. The van der Waals surface area contributed by atoms with Crippen LogP contribution in [-0.2, 0) is 24.2 Å². The van der Waals surface area contributed by atoms with Crippen molar-refractivity contribution in [1.82, 2.24) is 9.88 Å². The predicted molar refractivity (Wildman–Crippen MR) is 122 cm³/mol. The minimum atomic E-state index is 0.180. The van der Waals surface area contributed by atoms with E-state index in [1.807, 2.05) is 48.1 Å². The highest BCUT2D eigenvalue weighted by Crippen LogP contribution is 2.35. The van der Waals surface area contributed by atoms with E-state index in [4.69, 9.17) is 23.2 Å². The maximum atomic E-state index is 12.6. The maximum absolute atomic E-state index is 12.6. The number of thioether (sulfide) groups is 1. The largest absolute Gasteiger partial charge is 0.367 e. The lowest BCUT2D eigenvalue weighted by atomic mass is 10.0. The van der Waals surface area contributed by atoms with Gasteiger partial charge in [-0.3, -0.25) is 4.79 Å². The summed E-state index contributed by atoms with van der Waals surface area (Å²) in [7, 11) is 1.89. The van der Waals surface area contributed by atoms with Crippen LogP contribution in [0.3, 0.4) is 0 Å². The quantitative estimate of drug-likeness (QED) is 0.691. The lowest BCUT2D eigenvalue weighted by molar-refractivity contribution is -0.134. The molecule has 1 atom stereocenters. The Hall–Kier alpha value is -1.43. The Labute approximate surface area is 186 Å².